The molecule has 0 aliphatic carbocycles. The molecule has 0 aliphatic rings. The number of methoxy groups -OCH3 is 2. The lowest BCUT2D eigenvalue weighted by Gasteiger charge is -2.17. The van der Waals surface area contributed by atoms with Gasteiger partial charge in [0.2, 0.25) is 0 Å². The molecule has 0 aliphatic heterocycles. The van der Waals surface area contributed by atoms with Gasteiger partial charge in [-0.2, -0.15) is 0 Å². The van der Waals surface area contributed by atoms with Crippen molar-refractivity contribution < 1.29 is 14.6 Å². The fourth-order valence-electron chi connectivity index (χ4n) is 2.76. The van der Waals surface area contributed by atoms with Crippen molar-refractivity contribution in [2.24, 2.45) is 10.9 Å². The molecule has 0 radical (unpaired) electrons. The zero-order chi connectivity index (χ0) is 20.4. The molecule has 2 atom stereocenters. The van der Waals surface area contributed by atoms with Gasteiger partial charge in [-0.1, -0.05) is 13.0 Å². The van der Waals surface area contributed by atoms with Crippen LogP contribution in [0.3, 0.4) is 0 Å². The number of nitrogens with zero attached hydrogens (tertiary/aromatic N) is 1. The molecule has 2 unspecified atom stereocenters. The topological polar surface area (TPSA) is 75.1 Å². The van der Waals surface area contributed by atoms with Crippen LogP contribution in [0.5, 0.6) is 11.5 Å². The summed E-state index contributed by atoms with van der Waals surface area (Å²) in [6, 6.07) is 9.64. The third kappa shape index (κ3) is 8.79. The molecule has 2 aromatic rings. The first kappa shape index (κ1) is 25.5. The van der Waals surface area contributed by atoms with Crippen LogP contribution in [0.25, 0.3) is 0 Å². The highest BCUT2D eigenvalue weighted by Gasteiger charge is 2.12. The lowest BCUT2D eigenvalue weighted by Crippen LogP contribution is -2.39. The van der Waals surface area contributed by atoms with E-state index in [1.54, 1.807) is 31.6 Å². The molecule has 1 heterocycles. The Hall–Kier alpha value is -1.52. The van der Waals surface area contributed by atoms with Gasteiger partial charge in [-0.25, -0.2) is 0 Å². The molecule has 0 bridgehead atoms. The second-order valence-electron chi connectivity index (χ2n) is 6.65. The van der Waals surface area contributed by atoms with E-state index >= 15 is 0 Å². The number of aliphatic hydroxyl groups excluding tert-OH is 1. The van der Waals surface area contributed by atoms with Crippen LogP contribution in [0.15, 0.2) is 40.7 Å². The highest BCUT2D eigenvalue weighted by Crippen LogP contribution is 2.26. The highest BCUT2D eigenvalue weighted by molar-refractivity contribution is 14.0. The Morgan fingerprint density at radius 3 is 2.41 bits per heavy atom. The first-order valence-corrected chi connectivity index (χ1v) is 10.4. The molecule has 162 valence electrons. The Morgan fingerprint density at radius 1 is 1.17 bits per heavy atom. The van der Waals surface area contributed by atoms with Crippen LogP contribution in [-0.2, 0) is 6.42 Å². The highest BCUT2D eigenvalue weighted by atomic mass is 127. The molecule has 0 amide bonds. The molecule has 2 rings (SSSR count). The summed E-state index contributed by atoms with van der Waals surface area (Å²) in [5.74, 6) is 2.45. The second kappa shape index (κ2) is 13.7. The van der Waals surface area contributed by atoms with Gasteiger partial charge in [0.05, 0.1) is 20.3 Å². The summed E-state index contributed by atoms with van der Waals surface area (Å²) in [5, 5.41) is 19.1. The Morgan fingerprint density at radius 2 is 1.86 bits per heavy atom. The molecule has 6 nitrogen and oxygen atoms in total. The number of benzene rings is 1. The molecular formula is C21H32IN3O3S. The molecule has 0 saturated carbocycles. The summed E-state index contributed by atoms with van der Waals surface area (Å²) >= 11 is 1.78. The van der Waals surface area contributed by atoms with Crippen LogP contribution >= 0.6 is 35.3 Å². The number of hydrogen-bond donors (Lipinski definition) is 3. The molecule has 1 aromatic carbocycles. The average Bonchev–Trinajstić information content (AvgIpc) is 3.22. The van der Waals surface area contributed by atoms with Crippen molar-refractivity contribution in [1.82, 2.24) is 10.6 Å². The number of thiophene rings is 1. The van der Waals surface area contributed by atoms with Crippen molar-refractivity contribution >= 4 is 41.3 Å². The van der Waals surface area contributed by atoms with Crippen LogP contribution in [0.4, 0.5) is 0 Å². The lowest BCUT2D eigenvalue weighted by molar-refractivity contribution is 0.180. The smallest absolute Gasteiger partial charge is 0.191 e. The van der Waals surface area contributed by atoms with Gasteiger partial charge < -0.3 is 25.2 Å². The van der Waals surface area contributed by atoms with Crippen molar-refractivity contribution in [2.45, 2.75) is 26.4 Å². The van der Waals surface area contributed by atoms with E-state index in [0.29, 0.717) is 29.9 Å². The van der Waals surface area contributed by atoms with Gasteiger partial charge in [0, 0.05) is 30.6 Å². The van der Waals surface area contributed by atoms with Crippen LogP contribution in [0.2, 0.25) is 0 Å². The minimum atomic E-state index is -0.712. The summed E-state index contributed by atoms with van der Waals surface area (Å²) in [6.45, 7) is 6.03. The number of aliphatic hydroxyl groups is 1. The summed E-state index contributed by atoms with van der Waals surface area (Å²) < 4.78 is 10.5. The summed E-state index contributed by atoms with van der Waals surface area (Å²) in [5.41, 5.74) is 0.727. The van der Waals surface area contributed by atoms with Crippen LogP contribution in [0.1, 0.15) is 30.4 Å². The maximum Gasteiger partial charge on any atom is 0.191 e. The van der Waals surface area contributed by atoms with Crippen molar-refractivity contribution in [3.05, 3.63) is 46.2 Å². The van der Waals surface area contributed by atoms with Gasteiger partial charge in [-0.05, 0) is 48.4 Å². The Balaban J connectivity index is 0.00000420. The van der Waals surface area contributed by atoms with Crippen LogP contribution in [0, 0.1) is 5.92 Å². The minimum absolute atomic E-state index is 0. The molecule has 0 saturated heterocycles. The number of nitrogens with one attached hydrogen (secondary N) is 2. The number of ether oxygens (including phenoxy) is 2. The van der Waals surface area contributed by atoms with Crippen LogP contribution in [-0.4, -0.2) is 44.9 Å². The number of hydrogen-bond acceptors (Lipinski definition) is 5. The zero-order valence-corrected chi connectivity index (χ0v) is 20.6. The van der Waals surface area contributed by atoms with E-state index in [2.05, 4.69) is 40.1 Å². The van der Waals surface area contributed by atoms with Gasteiger partial charge in [-0.3, -0.25) is 4.99 Å². The third-order valence-electron chi connectivity index (χ3n) is 4.26. The normalized spacial score (nSPS) is 13.2. The fourth-order valence-corrected chi connectivity index (χ4v) is 3.63. The molecule has 3 N–H and O–H groups in total. The quantitative estimate of drug-likeness (QED) is 0.246. The maximum atomic E-state index is 10.6. The fraction of sp³-hybridized carbons (Fsp3) is 0.476. The first-order valence-electron chi connectivity index (χ1n) is 9.51. The molecule has 29 heavy (non-hydrogen) atoms. The Labute approximate surface area is 194 Å². The standard InChI is InChI=1S/C21H31N3O3S.HI/c1-5-22-21(23-13-15(2)9-19-7-6-8-28-19)24-14-20(25)16-10-17(26-3)12-18(11-16)27-4;/h6-8,10-12,15,20,25H,5,9,13-14H2,1-4H3,(H2,22,23,24);1H. The lowest BCUT2D eigenvalue weighted by atomic mass is 10.1. The number of rotatable bonds is 10. The summed E-state index contributed by atoms with van der Waals surface area (Å²) in [7, 11) is 3.19. The van der Waals surface area contributed by atoms with E-state index in [9.17, 15) is 5.11 Å². The van der Waals surface area contributed by atoms with Gasteiger partial charge in [0.25, 0.3) is 0 Å². The predicted molar refractivity (Wildman–Crippen MR) is 131 cm³/mol. The minimum Gasteiger partial charge on any atom is -0.497 e. The van der Waals surface area contributed by atoms with Crippen molar-refractivity contribution in [1.29, 1.82) is 0 Å². The molecule has 8 heteroatoms. The van der Waals surface area contributed by atoms with Gasteiger partial charge in [0.15, 0.2) is 5.96 Å². The monoisotopic (exact) mass is 533 g/mol. The first-order chi connectivity index (χ1) is 13.5. The summed E-state index contributed by atoms with van der Waals surface area (Å²) in [4.78, 5) is 6.04. The van der Waals surface area contributed by atoms with E-state index in [1.165, 1.54) is 4.88 Å². The van der Waals surface area contributed by atoms with Crippen molar-refractivity contribution in [3.63, 3.8) is 0 Å². The van der Waals surface area contributed by atoms with E-state index in [0.717, 1.165) is 25.1 Å². The van der Waals surface area contributed by atoms with Crippen molar-refractivity contribution in [2.75, 3.05) is 33.9 Å². The Bertz CT molecular complexity index is 719. The summed E-state index contributed by atoms with van der Waals surface area (Å²) in [6.07, 6.45) is 0.309. The molecule has 0 fully saturated rings. The zero-order valence-electron chi connectivity index (χ0n) is 17.5. The van der Waals surface area contributed by atoms with Crippen molar-refractivity contribution in [3.8, 4) is 11.5 Å². The largest absolute Gasteiger partial charge is 0.497 e. The SMILES string of the molecule is CCNC(=NCC(C)Cc1cccs1)NCC(O)c1cc(OC)cc(OC)c1.I. The molecule has 1 aromatic heterocycles. The van der Waals surface area contributed by atoms with Gasteiger partial charge in [-0.15, -0.1) is 35.3 Å². The predicted octanol–water partition coefficient (Wildman–Crippen LogP) is 3.85. The Kier molecular flexibility index (Phi) is 12.0. The number of aliphatic imine (C=N–C) groups is 1. The average molecular weight is 533 g/mol. The van der Waals surface area contributed by atoms with E-state index < -0.39 is 6.10 Å². The number of guanidine groups is 1. The maximum absolute atomic E-state index is 10.6. The third-order valence-corrected chi connectivity index (χ3v) is 5.16. The van der Waals surface area contributed by atoms with E-state index in [4.69, 9.17) is 9.47 Å². The van der Waals surface area contributed by atoms with E-state index in [-0.39, 0.29) is 24.0 Å². The van der Waals surface area contributed by atoms with E-state index in [1.807, 2.05) is 19.1 Å². The number of halogens is 1. The van der Waals surface area contributed by atoms with Crippen LogP contribution < -0.4 is 20.1 Å². The second-order valence-corrected chi connectivity index (χ2v) is 7.68. The van der Waals surface area contributed by atoms with Gasteiger partial charge >= 0.3 is 0 Å². The van der Waals surface area contributed by atoms with Gasteiger partial charge in [0.1, 0.15) is 11.5 Å². The molecular weight excluding hydrogens is 501 g/mol. The molecule has 0 spiro atoms.